The third-order valence-corrected chi connectivity index (χ3v) is 5.00. The molecule has 27 heavy (non-hydrogen) atoms. The minimum Gasteiger partial charge on any atom is -0.384 e. The van der Waals surface area contributed by atoms with Crippen molar-refractivity contribution in [2.45, 2.75) is 44.9 Å². The summed E-state index contributed by atoms with van der Waals surface area (Å²) in [6.45, 7) is 3.55. The van der Waals surface area contributed by atoms with Gasteiger partial charge in [-0.15, -0.1) is 0 Å². The summed E-state index contributed by atoms with van der Waals surface area (Å²) in [5.74, 6) is 0.953. The Labute approximate surface area is 165 Å². The summed E-state index contributed by atoms with van der Waals surface area (Å²) in [5.41, 5.74) is 9.11. The van der Waals surface area contributed by atoms with E-state index in [1.54, 1.807) is 18.2 Å². The monoisotopic (exact) mass is 386 g/mol. The van der Waals surface area contributed by atoms with Gasteiger partial charge in [0, 0.05) is 28.9 Å². The molecule has 1 aliphatic rings. The Morgan fingerprint density at radius 3 is 2.78 bits per heavy atom. The number of pyridine rings is 1. The van der Waals surface area contributed by atoms with Crippen molar-refractivity contribution in [2.75, 3.05) is 23.7 Å². The molecule has 1 aliphatic carbocycles. The van der Waals surface area contributed by atoms with Gasteiger partial charge in [0.25, 0.3) is 5.91 Å². The van der Waals surface area contributed by atoms with E-state index in [1.807, 2.05) is 12.1 Å². The van der Waals surface area contributed by atoms with Crippen LogP contribution in [0.3, 0.4) is 0 Å². The predicted molar refractivity (Wildman–Crippen MR) is 112 cm³/mol. The minimum atomic E-state index is -0.186. The number of carbonyl (C=O) groups is 1. The van der Waals surface area contributed by atoms with Gasteiger partial charge in [-0.1, -0.05) is 24.1 Å². The van der Waals surface area contributed by atoms with Crippen LogP contribution in [0.5, 0.6) is 0 Å². The van der Waals surface area contributed by atoms with Gasteiger partial charge in [-0.05, 0) is 69.0 Å². The van der Waals surface area contributed by atoms with E-state index >= 15 is 0 Å². The average Bonchev–Trinajstić information content (AvgIpc) is 3.48. The van der Waals surface area contributed by atoms with Gasteiger partial charge in [-0.25, -0.2) is 4.98 Å². The maximum Gasteiger partial charge on any atom is 0.258 e. The number of nitrogens with zero attached hydrogens (tertiary/aromatic N) is 1. The Hall–Kier alpha value is -2.11. The van der Waals surface area contributed by atoms with Gasteiger partial charge >= 0.3 is 0 Å². The summed E-state index contributed by atoms with van der Waals surface area (Å²) in [5, 5.41) is 6.85. The van der Waals surface area contributed by atoms with Crippen LogP contribution >= 0.6 is 11.6 Å². The SMILES string of the molecule is Cc1ccc(NC(=O)c2ccc(Cl)cc2NCCCCCN)nc1C1CC1. The van der Waals surface area contributed by atoms with E-state index in [0.29, 0.717) is 28.9 Å². The highest BCUT2D eigenvalue weighted by atomic mass is 35.5. The number of amides is 1. The van der Waals surface area contributed by atoms with Crippen molar-refractivity contribution in [2.24, 2.45) is 5.73 Å². The molecular formula is C21H27ClN4O. The molecule has 1 heterocycles. The summed E-state index contributed by atoms with van der Waals surface area (Å²) in [6.07, 6.45) is 5.42. The highest BCUT2D eigenvalue weighted by Crippen LogP contribution is 2.40. The van der Waals surface area contributed by atoms with E-state index in [2.05, 4.69) is 22.5 Å². The first kappa shape index (κ1) is 19.6. The fourth-order valence-corrected chi connectivity index (χ4v) is 3.27. The number of nitrogens with two attached hydrogens (primary N) is 1. The highest BCUT2D eigenvalue weighted by Gasteiger charge is 2.27. The summed E-state index contributed by atoms with van der Waals surface area (Å²) < 4.78 is 0. The lowest BCUT2D eigenvalue weighted by Crippen LogP contribution is -2.16. The Morgan fingerprint density at radius 2 is 2.04 bits per heavy atom. The number of hydrogen-bond donors (Lipinski definition) is 3. The molecule has 1 aromatic heterocycles. The number of rotatable bonds is 9. The van der Waals surface area contributed by atoms with Crippen LogP contribution in [0, 0.1) is 6.92 Å². The molecular weight excluding hydrogens is 360 g/mol. The quantitative estimate of drug-likeness (QED) is 0.545. The van der Waals surface area contributed by atoms with Crippen LogP contribution in [0.4, 0.5) is 11.5 Å². The molecule has 4 N–H and O–H groups in total. The number of unbranched alkanes of at least 4 members (excludes halogenated alkanes) is 2. The van der Waals surface area contributed by atoms with E-state index in [0.717, 1.165) is 37.2 Å². The molecule has 6 heteroatoms. The largest absolute Gasteiger partial charge is 0.384 e. The van der Waals surface area contributed by atoms with Crippen molar-refractivity contribution in [1.29, 1.82) is 0 Å². The lowest BCUT2D eigenvalue weighted by Gasteiger charge is -2.13. The summed E-state index contributed by atoms with van der Waals surface area (Å²) in [7, 11) is 0. The minimum absolute atomic E-state index is 0.186. The van der Waals surface area contributed by atoms with Gasteiger partial charge in [0.15, 0.2) is 0 Å². The van der Waals surface area contributed by atoms with Crippen LogP contribution in [0.2, 0.25) is 5.02 Å². The molecule has 5 nitrogen and oxygen atoms in total. The lowest BCUT2D eigenvalue weighted by atomic mass is 10.1. The molecule has 1 fully saturated rings. The van der Waals surface area contributed by atoms with E-state index in [4.69, 9.17) is 17.3 Å². The fraction of sp³-hybridized carbons (Fsp3) is 0.429. The summed E-state index contributed by atoms with van der Waals surface area (Å²) in [4.78, 5) is 17.5. The third kappa shape index (κ3) is 5.44. The zero-order valence-corrected chi connectivity index (χ0v) is 16.5. The molecule has 0 bridgehead atoms. The molecule has 0 saturated heterocycles. The Kier molecular flexibility index (Phi) is 6.69. The van der Waals surface area contributed by atoms with Crippen molar-refractivity contribution in [3.8, 4) is 0 Å². The van der Waals surface area contributed by atoms with Crippen molar-refractivity contribution in [3.05, 3.63) is 52.2 Å². The van der Waals surface area contributed by atoms with Crippen LogP contribution in [0.15, 0.2) is 30.3 Å². The molecule has 1 saturated carbocycles. The van der Waals surface area contributed by atoms with Crippen molar-refractivity contribution in [3.63, 3.8) is 0 Å². The molecule has 2 aromatic rings. The number of aromatic nitrogens is 1. The summed E-state index contributed by atoms with van der Waals surface area (Å²) >= 11 is 6.12. The number of carbonyl (C=O) groups excluding carboxylic acids is 1. The molecule has 1 aromatic carbocycles. The number of halogens is 1. The molecule has 0 aliphatic heterocycles. The Bertz CT molecular complexity index is 805. The number of anilines is 2. The summed E-state index contributed by atoms with van der Waals surface area (Å²) in [6, 6.07) is 9.14. The first-order chi connectivity index (χ1) is 13.1. The molecule has 0 radical (unpaired) electrons. The van der Waals surface area contributed by atoms with Gasteiger partial charge in [-0.2, -0.15) is 0 Å². The lowest BCUT2D eigenvalue weighted by molar-refractivity contribution is 0.102. The van der Waals surface area contributed by atoms with Crippen molar-refractivity contribution in [1.82, 2.24) is 4.98 Å². The standard InChI is InChI=1S/C21H27ClN4O/c1-14-5-10-19(25-20(14)15-6-7-15)26-21(27)17-9-8-16(22)13-18(17)24-12-4-2-3-11-23/h5,8-10,13,15,24H,2-4,6-7,11-12,23H2,1H3,(H,25,26,27). The van der Waals surface area contributed by atoms with Gasteiger partial charge in [0.1, 0.15) is 5.82 Å². The van der Waals surface area contributed by atoms with E-state index in [9.17, 15) is 4.79 Å². The zero-order valence-electron chi connectivity index (χ0n) is 15.7. The van der Waals surface area contributed by atoms with Crippen LogP contribution in [0.25, 0.3) is 0 Å². The molecule has 1 amide bonds. The van der Waals surface area contributed by atoms with Crippen molar-refractivity contribution < 1.29 is 4.79 Å². The second kappa shape index (κ2) is 9.20. The normalized spacial score (nSPS) is 13.4. The van der Waals surface area contributed by atoms with Crippen LogP contribution < -0.4 is 16.4 Å². The Morgan fingerprint density at radius 1 is 1.22 bits per heavy atom. The van der Waals surface area contributed by atoms with Gasteiger partial charge in [-0.3, -0.25) is 4.79 Å². The van der Waals surface area contributed by atoms with Crippen LogP contribution in [-0.2, 0) is 0 Å². The number of aryl methyl sites for hydroxylation is 1. The molecule has 0 spiro atoms. The molecule has 144 valence electrons. The highest BCUT2D eigenvalue weighted by molar-refractivity contribution is 6.31. The van der Waals surface area contributed by atoms with Crippen LogP contribution in [0.1, 0.15) is 59.6 Å². The maximum atomic E-state index is 12.8. The van der Waals surface area contributed by atoms with Gasteiger partial charge in [0.2, 0.25) is 0 Å². The third-order valence-electron chi connectivity index (χ3n) is 4.76. The van der Waals surface area contributed by atoms with E-state index in [-0.39, 0.29) is 5.91 Å². The van der Waals surface area contributed by atoms with E-state index in [1.165, 1.54) is 18.4 Å². The number of hydrogen-bond acceptors (Lipinski definition) is 4. The smallest absolute Gasteiger partial charge is 0.258 e. The first-order valence-electron chi connectivity index (χ1n) is 9.61. The molecule has 3 rings (SSSR count). The van der Waals surface area contributed by atoms with Gasteiger partial charge in [0.05, 0.1) is 5.56 Å². The second-order valence-corrected chi connectivity index (χ2v) is 7.53. The second-order valence-electron chi connectivity index (χ2n) is 7.09. The molecule has 0 atom stereocenters. The van der Waals surface area contributed by atoms with Gasteiger partial charge < -0.3 is 16.4 Å². The number of nitrogens with one attached hydrogen (secondary N) is 2. The Balaban J connectivity index is 1.69. The number of benzene rings is 1. The zero-order chi connectivity index (χ0) is 19.2. The first-order valence-corrected chi connectivity index (χ1v) is 9.98. The fourth-order valence-electron chi connectivity index (χ4n) is 3.10. The maximum absolute atomic E-state index is 12.8. The predicted octanol–water partition coefficient (Wildman–Crippen LogP) is 4.71. The van der Waals surface area contributed by atoms with Crippen LogP contribution in [-0.4, -0.2) is 24.0 Å². The topological polar surface area (TPSA) is 80.0 Å². The average molecular weight is 387 g/mol. The van der Waals surface area contributed by atoms with Crippen molar-refractivity contribution >= 4 is 29.0 Å². The van der Waals surface area contributed by atoms with E-state index < -0.39 is 0 Å². The molecule has 0 unspecified atom stereocenters.